The van der Waals surface area contributed by atoms with Gasteiger partial charge < -0.3 is 14.8 Å². The Morgan fingerprint density at radius 2 is 1.68 bits per heavy atom. The second-order valence-electron chi connectivity index (χ2n) is 5.34. The van der Waals surface area contributed by atoms with Crippen molar-refractivity contribution < 1.29 is 18.7 Å². The summed E-state index contributed by atoms with van der Waals surface area (Å²) < 4.78 is 24.8. The predicted octanol–water partition coefficient (Wildman–Crippen LogP) is 4.24. The summed E-state index contributed by atoms with van der Waals surface area (Å²) in [6.45, 7) is 5.20. The van der Waals surface area contributed by atoms with Crippen LogP contribution in [0.1, 0.15) is 25.0 Å². The molecule has 0 unspecified atom stereocenters. The molecule has 2 rings (SSSR count). The standard InChI is InChI=1S/C19H21BrFNO3/c1-3-24-17-9-14(16(20)11-18(17)25-4-2)10-19(23)22-12-13-5-7-15(21)8-6-13/h5-9,11H,3-4,10,12H2,1-2H3,(H,22,23). The lowest BCUT2D eigenvalue weighted by Gasteiger charge is -2.14. The molecule has 4 nitrogen and oxygen atoms in total. The van der Waals surface area contributed by atoms with Crippen LogP contribution in [0, 0.1) is 5.82 Å². The van der Waals surface area contributed by atoms with Crippen LogP contribution in [0.3, 0.4) is 0 Å². The van der Waals surface area contributed by atoms with Crippen molar-refractivity contribution in [3.8, 4) is 11.5 Å². The Bertz CT molecular complexity index is 719. The minimum atomic E-state index is -0.295. The minimum absolute atomic E-state index is 0.128. The van der Waals surface area contributed by atoms with E-state index in [1.54, 1.807) is 12.1 Å². The summed E-state index contributed by atoms with van der Waals surface area (Å²) in [6, 6.07) is 9.68. The van der Waals surface area contributed by atoms with Gasteiger partial charge in [-0.05, 0) is 49.2 Å². The number of halogens is 2. The number of hydrogen-bond acceptors (Lipinski definition) is 3. The molecule has 0 aliphatic carbocycles. The first-order chi connectivity index (χ1) is 12.0. The zero-order valence-electron chi connectivity index (χ0n) is 14.3. The molecule has 2 aromatic rings. The summed E-state index contributed by atoms with van der Waals surface area (Å²) in [6.07, 6.45) is 0.203. The van der Waals surface area contributed by atoms with Crippen molar-refractivity contribution in [3.05, 3.63) is 57.8 Å². The molecule has 0 bridgehead atoms. The maximum absolute atomic E-state index is 12.9. The first-order valence-electron chi connectivity index (χ1n) is 8.12. The lowest BCUT2D eigenvalue weighted by molar-refractivity contribution is -0.120. The Balaban J connectivity index is 2.03. The Labute approximate surface area is 155 Å². The molecular formula is C19H21BrFNO3. The molecule has 6 heteroatoms. The van der Waals surface area contributed by atoms with Gasteiger partial charge >= 0.3 is 0 Å². The number of carbonyl (C=O) groups excluding carboxylic acids is 1. The molecule has 0 fully saturated rings. The van der Waals surface area contributed by atoms with Crippen molar-refractivity contribution in [3.63, 3.8) is 0 Å². The van der Waals surface area contributed by atoms with Crippen molar-refractivity contribution in [2.75, 3.05) is 13.2 Å². The van der Waals surface area contributed by atoms with Crippen LogP contribution in [0.5, 0.6) is 11.5 Å². The third-order valence-electron chi connectivity index (χ3n) is 3.47. The molecule has 134 valence electrons. The molecule has 0 aliphatic heterocycles. The number of ether oxygens (including phenoxy) is 2. The molecule has 0 saturated heterocycles. The summed E-state index contributed by atoms with van der Waals surface area (Å²) >= 11 is 3.48. The third-order valence-corrected chi connectivity index (χ3v) is 4.20. The van der Waals surface area contributed by atoms with Crippen LogP contribution < -0.4 is 14.8 Å². The molecule has 0 spiro atoms. The molecular weight excluding hydrogens is 389 g/mol. The van der Waals surface area contributed by atoms with Crippen LogP contribution in [0.25, 0.3) is 0 Å². The first-order valence-corrected chi connectivity index (χ1v) is 8.92. The van der Waals surface area contributed by atoms with Crippen molar-refractivity contribution in [1.82, 2.24) is 5.32 Å². The highest BCUT2D eigenvalue weighted by Crippen LogP contribution is 2.34. The van der Waals surface area contributed by atoms with Crippen LogP contribution in [0.15, 0.2) is 40.9 Å². The van der Waals surface area contributed by atoms with Crippen LogP contribution in [-0.2, 0) is 17.8 Å². The average molecular weight is 410 g/mol. The lowest BCUT2D eigenvalue weighted by Crippen LogP contribution is -2.24. The lowest BCUT2D eigenvalue weighted by atomic mass is 10.1. The van der Waals surface area contributed by atoms with E-state index in [1.807, 2.05) is 26.0 Å². The van der Waals surface area contributed by atoms with E-state index in [0.717, 1.165) is 15.6 Å². The number of nitrogens with one attached hydrogen (secondary N) is 1. The first kappa shape index (κ1) is 19.2. The highest BCUT2D eigenvalue weighted by atomic mass is 79.9. The van der Waals surface area contributed by atoms with Gasteiger partial charge in [-0.25, -0.2) is 4.39 Å². The summed E-state index contributed by atoms with van der Waals surface area (Å²) in [7, 11) is 0. The number of hydrogen-bond donors (Lipinski definition) is 1. The van der Waals surface area contributed by atoms with Gasteiger partial charge in [-0.15, -0.1) is 0 Å². The van der Waals surface area contributed by atoms with Gasteiger partial charge in [-0.1, -0.05) is 28.1 Å². The van der Waals surface area contributed by atoms with Gasteiger partial charge in [0, 0.05) is 11.0 Å². The maximum Gasteiger partial charge on any atom is 0.224 e. The zero-order chi connectivity index (χ0) is 18.2. The van der Waals surface area contributed by atoms with E-state index in [1.165, 1.54) is 12.1 Å². The molecule has 0 radical (unpaired) electrons. The number of amides is 1. The van der Waals surface area contributed by atoms with Gasteiger partial charge in [-0.2, -0.15) is 0 Å². The Morgan fingerprint density at radius 3 is 2.28 bits per heavy atom. The van der Waals surface area contributed by atoms with Gasteiger partial charge in [0.05, 0.1) is 19.6 Å². The van der Waals surface area contributed by atoms with E-state index >= 15 is 0 Å². The van der Waals surface area contributed by atoms with Crippen LogP contribution >= 0.6 is 15.9 Å². The summed E-state index contributed by atoms with van der Waals surface area (Å²) in [4.78, 5) is 12.2. The molecule has 0 aliphatic rings. The third kappa shape index (κ3) is 5.74. The van der Waals surface area contributed by atoms with E-state index < -0.39 is 0 Å². The maximum atomic E-state index is 12.9. The molecule has 1 N–H and O–H groups in total. The van der Waals surface area contributed by atoms with Crippen molar-refractivity contribution >= 4 is 21.8 Å². The van der Waals surface area contributed by atoms with Gasteiger partial charge in [0.1, 0.15) is 5.82 Å². The van der Waals surface area contributed by atoms with Crippen molar-refractivity contribution in [2.24, 2.45) is 0 Å². The van der Waals surface area contributed by atoms with Crippen molar-refractivity contribution in [1.29, 1.82) is 0 Å². The Kier molecular flexibility index (Phi) is 7.25. The quantitative estimate of drug-likeness (QED) is 0.708. The van der Waals surface area contributed by atoms with Gasteiger partial charge in [0.15, 0.2) is 11.5 Å². The fourth-order valence-corrected chi connectivity index (χ4v) is 2.75. The largest absolute Gasteiger partial charge is 0.490 e. The predicted molar refractivity (Wildman–Crippen MR) is 98.4 cm³/mol. The fourth-order valence-electron chi connectivity index (χ4n) is 2.29. The Morgan fingerprint density at radius 1 is 1.08 bits per heavy atom. The van der Waals surface area contributed by atoms with E-state index in [-0.39, 0.29) is 18.1 Å². The molecule has 0 heterocycles. The minimum Gasteiger partial charge on any atom is -0.490 e. The second-order valence-corrected chi connectivity index (χ2v) is 6.19. The number of rotatable bonds is 8. The Hall–Kier alpha value is -2.08. The summed E-state index contributed by atoms with van der Waals surface area (Å²) in [5.41, 5.74) is 1.65. The topological polar surface area (TPSA) is 47.6 Å². The van der Waals surface area contributed by atoms with Crippen LogP contribution in [0.4, 0.5) is 4.39 Å². The zero-order valence-corrected chi connectivity index (χ0v) is 15.9. The number of benzene rings is 2. The molecule has 1 amide bonds. The van der Waals surface area contributed by atoms with Gasteiger partial charge in [-0.3, -0.25) is 4.79 Å². The normalized spacial score (nSPS) is 10.4. The summed E-state index contributed by atoms with van der Waals surface area (Å²) in [5, 5.41) is 2.83. The second kappa shape index (κ2) is 9.42. The van der Waals surface area contributed by atoms with E-state index in [2.05, 4.69) is 21.2 Å². The van der Waals surface area contributed by atoms with Crippen LogP contribution in [0.2, 0.25) is 0 Å². The average Bonchev–Trinajstić information content (AvgIpc) is 2.59. The highest BCUT2D eigenvalue weighted by Gasteiger charge is 2.13. The number of carbonyl (C=O) groups is 1. The molecule has 0 aromatic heterocycles. The van der Waals surface area contributed by atoms with Gasteiger partial charge in [0.2, 0.25) is 5.91 Å². The fraction of sp³-hybridized carbons (Fsp3) is 0.316. The highest BCUT2D eigenvalue weighted by molar-refractivity contribution is 9.10. The molecule has 2 aromatic carbocycles. The van der Waals surface area contributed by atoms with E-state index in [0.29, 0.717) is 31.3 Å². The SMILES string of the molecule is CCOc1cc(Br)c(CC(=O)NCc2ccc(F)cc2)cc1OCC. The van der Waals surface area contributed by atoms with Gasteiger partial charge in [0.25, 0.3) is 0 Å². The smallest absolute Gasteiger partial charge is 0.224 e. The van der Waals surface area contributed by atoms with Crippen LogP contribution in [-0.4, -0.2) is 19.1 Å². The van der Waals surface area contributed by atoms with E-state index in [9.17, 15) is 9.18 Å². The molecule has 0 atom stereocenters. The van der Waals surface area contributed by atoms with E-state index in [4.69, 9.17) is 9.47 Å². The molecule has 0 saturated carbocycles. The summed E-state index contributed by atoms with van der Waals surface area (Å²) in [5.74, 6) is 0.842. The monoisotopic (exact) mass is 409 g/mol. The molecule has 25 heavy (non-hydrogen) atoms. The van der Waals surface area contributed by atoms with Crippen molar-refractivity contribution in [2.45, 2.75) is 26.8 Å².